The lowest BCUT2D eigenvalue weighted by Gasteiger charge is -2.70. The van der Waals surface area contributed by atoms with E-state index < -0.39 is 0 Å². The second kappa shape index (κ2) is 1.76. The minimum Gasteiger partial charge on any atom is -0.330 e. The number of hydrogen-bond donors (Lipinski definition) is 1. The van der Waals surface area contributed by atoms with Crippen LogP contribution < -0.4 is 5.73 Å². The molecule has 0 aromatic heterocycles. The average molecular weight is 139 g/mol. The molecule has 0 unspecified atom stereocenters. The second-order valence-corrected chi connectivity index (χ2v) is 4.73. The van der Waals surface area contributed by atoms with Gasteiger partial charge in [-0.25, -0.2) is 0 Å². The molecule has 2 N–H and O–H groups in total. The smallest absolute Gasteiger partial charge is 0.00771 e. The quantitative estimate of drug-likeness (QED) is 0.635. The van der Waals surface area contributed by atoms with Crippen molar-refractivity contribution >= 4 is 0 Å². The van der Waals surface area contributed by atoms with E-state index in [2.05, 4.69) is 6.92 Å². The Morgan fingerprint density at radius 1 is 1.30 bits per heavy atom. The summed E-state index contributed by atoms with van der Waals surface area (Å²) in [5, 5.41) is 0. The van der Waals surface area contributed by atoms with Crippen molar-refractivity contribution in [1.29, 1.82) is 0 Å². The van der Waals surface area contributed by atoms with Crippen molar-refractivity contribution in [3.8, 4) is 0 Å². The third-order valence-corrected chi connectivity index (χ3v) is 3.32. The molecule has 2 bridgehead atoms. The minimum atomic E-state index is 0.786. The van der Waals surface area contributed by atoms with Gasteiger partial charge in [0.05, 0.1) is 0 Å². The van der Waals surface area contributed by atoms with Crippen LogP contribution in [-0.4, -0.2) is 6.54 Å². The first-order chi connectivity index (χ1) is 4.68. The predicted octanol–water partition coefficient (Wildman–Crippen LogP) is 1.92. The molecule has 3 fully saturated rings. The summed E-state index contributed by atoms with van der Waals surface area (Å²) in [6.45, 7) is 3.30. The van der Waals surface area contributed by atoms with Gasteiger partial charge in [0.25, 0.3) is 0 Å². The molecule has 1 heteroatoms. The van der Waals surface area contributed by atoms with Crippen LogP contribution in [0.2, 0.25) is 0 Å². The van der Waals surface area contributed by atoms with Crippen molar-refractivity contribution in [3.05, 3.63) is 0 Å². The van der Waals surface area contributed by atoms with Crippen LogP contribution in [0, 0.1) is 10.8 Å². The standard InChI is InChI=1S/C9H17N/c1-8-5-9(6-8,7-8)3-2-4-10/h2-7,10H2,1H3. The molecule has 0 saturated heterocycles. The molecule has 3 aliphatic rings. The van der Waals surface area contributed by atoms with Gasteiger partial charge in [0.2, 0.25) is 0 Å². The van der Waals surface area contributed by atoms with Gasteiger partial charge >= 0.3 is 0 Å². The van der Waals surface area contributed by atoms with E-state index in [1.165, 1.54) is 32.1 Å². The Labute approximate surface area is 63.0 Å². The Hall–Kier alpha value is -0.0400. The largest absolute Gasteiger partial charge is 0.330 e. The molecule has 0 spiro atoms. The van der Waals surface area contributed by atoms with Crippen LogP contribution in [0.15, 0.2) is 0 Å². The Morgan fingerprint density at radius 2 is 1.90 bits per heavy atom. The van der Waals surface area contributed by atoms with Crippen LogP contribution >= 0.6 is 0 Å². The topological polar surface area (TPSA) is 26.0 Å². The van der Waals surface area contributed by atoms with Gasteiger partial charge in [0.1, 0.15) is 0 Å². The lowest BCUT2D eigenvalue weighted by Crippen LogP contribution is -2.59. The minimum absolute atomic E-state index is 0.786. The third kappa shape index (κ3) is 0.731. The summed E-state index contributed by atoms with van der Waals surface area (Å²) in [5.41, 5.74) is 7.05. The Bertz CT molecular complexity index is 131. The predicted molar refractivity (Wildman–Crippen MR) is 42.7 cm³/mol. The van der Waals surface area contributed by atoms with Crippen molar-refractivity contribution in [1.82, 2.24) is 0 Å². The maximum absolute atomic E-state index is 5.46. The summed E-state index contributed by atoms with van der Waals surface area (Å²) in [6.07, 6.45) is 7.15. The molecule has 0 aromatic rings. The Kier molecular flexibility index (Phi) is 1.17. The number of rotatable bonds is 3. The van der Waals surface area contributed by atoms with Crippen molar-refractivity contribution < 1.29 is 0 Å². The fourth-order valence-electron chi connectivity index (χ4n) is 3.30. The van der Waals surface area contributed by atoms with E-state index >= 15 is 0 Å². The molecular weight excluding hydrogens is 122 g/mol. The van der Waals surface area contributed by atoms with Crippen molar-refractivity contribution in [2.45, 2.75) is 39.0 Å². The third-order valence-electron chi connectivity index (χ3n) is 3.32. The van der Waals surface area contributed by atoms with E-state index in [9.17, 15) is 0 Å². The van der Waals surface area contributed by atoms with Crippen LogP contribution in [0.1, 0.15) is 39.0 Å². The summed E-state index contributed by atoms with van der Waals surface area (Å²) in [7, 11) is 0. The molecule has 0 aromatic carbocycles. The van der Waals surface area contributed by atoms with Crippen LogP contribution in [0.25, 0.3) is 0 Å². The fourth-order valence-corrected chi connectivity index (χ4v) is 3.30. The zero-order chi connectivity index (χ0) is 7.24. The molecular formula is C9H17N. The van der Waals surface area contributed by atoms with Crippen LogP contribution in [0.4, 0.5) is 0 Å². The molecule has 0 heterocycles. The molecule has 10 heavy (non-hydrogen) atoms. The first kappa shape index (κ1) is 6.66. The monoisotopic (exact) mass is 139 g/mol. The van der Waals surface area contributed by atoms with Crippen LogP contribution in [0.5, 0.6) is 0 Å². The van der Waals surface area contributed by atoms with Crippen molar-refractivity contribution in [2.24, 2.45) is 16.6 Å². The highest BCUT2D eigenvalue weighted by Gasteiger charge is 2.63. The summed E-state index contributed by atoms with van der Waals surface area (Å²) in [4.78, 5) is 0. The van der Waals surface area contributed by atoms with Gasteiger partial charge in [0, 0.05) is 0 Å². The highest BCUT2D eigenvalue weighted by molar-refractivity contribution is 5.14. The van der Waals surface area contributed by atoms with Gasteiger partial charge in [-0.15, -0.1) is 0 Å². The molecule has 0 aliphatic heterocycles. The fraction of sp³-hybridized carbons (Fsp3) is 1.00. The lowest BCUT2D eigenvalue weighted by molar-refractivity contribution is -0.194. The first-order valence-electron chi connectivity index (χ1n) is 4.38. The summed E-state index contributed by atoms with van der Waals surface area (Å²) in [5.74, 6) is 0. The van der Waals surface area contributed by atoms with E-state index in [0.717, 1.165) is 17.4 Å². The van der Waals surface area contributed by atoms with E-state index in [1.807, 2.05) is 0 Å². The molecule has 1 nitrogen and oxygen atoms in total. The zero-order valence-corrected chi connectivity index (χ0v) is 6.82. The summed E-state index contributed by atoms with van der Waals surface area (Å²) >= 11 is 0. The first-order valence-corrected chi connectivity index (χ1v) is 4.38. The number of hydrogen-bond acceptors (Lipinski definition) is 1. The summed E-state index contributed by atoms with van der Waals surface area (Å²) < 4.78 is 0. The van der Waals surface area contributed by atoms with Crippen LogP contribution in [0.3, 0.4) is 0 Å². The van der Waals surface area contributed by atoms with Crippen molar-refractivity contribution in [2.75, 3.05) is 6.54 Å². The Balaban J connectivity index is 1.77. The second-order valence-electron chi connectivity index (χ2n) is 4.73. The van der Waals surface area contributed by atoms with Gasteiger partial charge in [-0.2, -0.15) is 0 Å². The van der Waals surface area contributed by atoms with Gasteiger partial charge in [-0.1, -0.05) is 6.92 Å². The van der Waals surface area contributed by atoms with Gasteiger partial charge in [-0.3, -0.25) is 0 Å². The zero-order valence-electron chi connectivity index (χ0n) is 6.82. The average Bonchev–Trinajstić information content (AvgIpc) is 1.75. The van der Waals surface area contributed by atoms with Gasteiger partial charge < -0.3 is 5.73 Å². The molecule has 3 saturated carbocycles. The molecule has 0 radical (unpaired) electrons. The SMILES string of the molecule is CC12CC(CCCN)(C1)C2. The number of nitrogens with two attached hydrogens (primary N) is 1. The van der Waals surface area contributed by atoms with E-state index in [-0.39, 0.29) is 0 Å². The van der Waals surface area contributed by atoms with E-state index in [0.29, 0.717) is 0 Å². The molecule has 0 amide bonds. The Morgan fingerprint density at radius 3 is 2.30 bits per heavy atom. The maximum atomic E-state index is 5.46. The highest BCUT2D eigenvalue weighted by atomic mass is 14.7. The van der Waals surface area contributed by atoms with Gasteiger partial charge in [0.15, 0.2) is 0 Å². The van der Waals surface area contributed by atoms with Gasteiger partial charge in [-0.05, 0) is 49.5 Å². The lowest BCUT2D eigenvalue weighted by atomic mass is 9.35. The summed E-state index contributed by atoms with van der Waals surface area (Å²) in [6, 6.07) is 0. The molecule has 3 rings (SSSR count). The van der Waals surface area contributed by atoms with Crippen LogP contribution in [-0.2, 0) is 0 Å². The van der Waals surface area contributed by atoms with E-state index in [1.54, 1.807) is 0 Å². The highest BCUT2D eigenvalue weighted by Crippen LogP contribution is 2.74. The molecule has 58 valence electrons. The normalized spacial score (nSPS) is 49.8. The van der Waals surface area contributed by atoms with Crippen molar-refractivity contribution in [3.63, 3.8) is 0 Å². The maximum Gasteiger partial charge on any atom is -0.00771 e. The molecule has 0 atom stereocenters. The molecule has 3 aliphatic carbocycles. The van der Waals surface area contributed by atoms with E-state index in [4.69, 9.17) is 5.73 Å².